The molecule has 1 heterocycles. The lowest BCUT2D eigenvalue weighted by Gasteiger charge is -2.31. The molecule has 0 amide bonds. The number of benzene rings is 1. The minimum atomic E-state index is -3.73. The van der Waals surface area contributed by atoms with Crippen LogP contribution in [0.25, 0.3) is 0 Å². The van der Waals surface area contributed by atoms with E-state index in [-0.39, 0.29) is 11.4 Å². The van der Waals surface area contributed by atoms with Crippen molar-refractivity contribution < 1.29 is 16.8 Å². The van der Waals surface area contributed by atoms with Crippen molar-refractivity contribution in [1.82, 2.24) is 4.31 Å². The predicted molar refractivity (Wildman–Crippen MR) is 80.8 cm³/mol. The second-order valence-corrected chi connectivity index (χ2v) is 9.24. The van der Waals surface area contributed by atoms with Gasteiger partial charge in [-0.15, -0.1) is 0 Å². The second kappa shape index (κ2) is 5.68. The highest BCUT2D eigenvalue weighted by Gasteiger charge is 2.35. The molecule has 1 atom stereocenters. The maximum Gasteiger partial charge on any atom is 0.243 e. The van der Waals surface area contributed by atoms with Gasteiger partial charge in [-0.2, -0.15) is 4.31 Å². The van der Waals surface area contributed by atoms with Crippen LogP contribution >= 0.6 is 0 Å². The van der Waals surface area contributed by atoms with E-state index >= 15 is 0 Å². The van der Waals surface area contributed by atoms with Gasteiger partial charge in [0.2, 0.25) is 20.0 Å². The van der Waals surface area contributed by atoms with E-state index in [0.29, 0.717) is 24.9 Å². The molecular formula is C13H20N2O4S2. The summed E-state index contributed by atoms with van der Waals surface area (Å²) in [7, 11) is -7.42. The first kappa shape index (κ1) is 16.4. The second-order valence-electron chi connectivity index (χ2n) is 5.49. The molecule has 1 aromatic carbocycles. The summed E-state index contributed by atoms with van der Waals surface area (Å²) in [6.07, 6.45) is 0.892. The number of hydrogen-bond acceptors (Lipinski definition) is 4. The van der Waals surface area contributed by atoms with Crippen LogP contribution in [-0.4, -0.2) is 39.5 Å². The standard InChI is InChI=1S/C13H20N2O4S2/c1-10-5-6-11(2)13(8-10)21(18,19)15-7-3-4-12(9-15)20(14,16)17/h5-6,8,12H,3-4,7,9H2,1-2H3,(H2,14,16,17). The molecule has 1 saturated heterocycles. The summed E-state index contributed by atoms with van der Waals surface area (Å²) in [4.78, 5) is 0.234. The van der Waals surface area contributed by atoms with Crippen LogP contribution in [0.15, 0.2) is 23.1 Å². The molecule has 8 heteroatoms. The van der Waals surface area contributed by atoms with Crippen LogP contribution in [-0.2, 0) is 20.0 Å². The number of aryl methyl sites for hydroxylation is 2. The molecule has 1 aliphatic heterocycles. The maximum atomic E-state index is 12.7. The monoisotopic (exact) mass is 332 g/mol. The number of hydrogen-bond donors (Lipinski definition) is 1. The smallest absolute Gasteiger partial charge is 0.228 e. The summed E-state index contributed by atoms with van der Waals surface area (Å²) in [6, 6.07) is 5.21. The zero-order valence-corrected chi connectivity index (χ0v) is 13.7. The van der Waals surface area contributed by atoms with Gasteiger partial charge < -0.3 is 0 Å². The fraction of sp³-hybridized carbons (Fsp3) is 0.538. The summed E-state index contributed by atoms with van der Waals surface area (Å²) in [5.41, 5.74) is 1.50. The Balaban J connectivity index is 2.38. The van der Waals surface area contributed by atoms with E-state index in [4.69, 9.17) is 5.14 Å². The lowest BCUT2D eigenvalue weighted by Crippen LogP contribution is -2.47. The molecular weight excluding hydrogens is 312 g/mol. The molecule has 1 unspecified atom stereocenters. The molecule has 1 fully saturated rings. The molecule has 0 aromatic heterocycles. The average Bonchev–Trinajstić information content (AvgIpc) is 2.40. The normalized spacial score (nSPS) is 21.4. The van der Waals surface area contributed by atoms with Crippen LogP contribution in [0.2, 0.25) is 0 Å². The van der Waals surface area contributed by atoms with Gasteiger partial charge in [0.1, 0.15) is 0 Å². The van der Waals surface area contributed by atoms with E-state index in [0.717, 1.165) is 5.56 Å². The van der Waals surface area contributed by atoms with Gasteiger partial charge in [-0.25, -0.2) is 22.0 Å². The summed E-state index contributed by atoms with van der Waals surface area (Å²) in [5.74, 6) is 0. The van der Waals surface area contributed by atoms with Crippen molar-refractivity contribution in [3.63, 3.8) is 0 Å². The molecule has 118 valence electrons. The van der Waals surface area contributed by atoms with Crippen LogP contribution in [0.1, 0.15) is 24.0 Å². The van der Waals surface area contributed by atoms with Crippen LogP contribution in [0.5, 0.6) is 0 Å². The van der Waals surface area contributed by atoms with Gasteiger partial charge in [0.25, 0.3) is 0 Å². The largest absolute Gasteiger partial charge is 0.243 e. The minimum Gasteiger partial charge on any atom is -0.228 e. The van der Waals surface area contributed by atoms with E-state index in [1.54, 1.807) is 19.1 Å². The molecule has 0 spiro atoms. The summed E-state index contributed by atoms with van der Waals surface area (Å²) in [6.45, 7) is 3.80. The van der Waals surface area contributed by atoms with E-state index in [9.17, 15) is 16.8 Å². The predicted octanol–water partition coefficient (Wildman–Crippen LogP) is 0.745. The molecule has 0 aliphatic carbocycles. The van der Waals surface area contributed by atoms with Crippen molar-refractivity contribution in [3.8, 4) is 0 Å². The van der Waals surface area contributed by atoms with Crippen molar-refractivity contribution in [3.05, 3.63) is 29.3 Å². The van der Waals surface area contributed by atoms with Gasteiger partial charge >= 0.3 is 0 Å². The number of nitrogens with zero attached hydrogens (tertiary/aromatic N) is 1. The highest BCUT2D eigenvalue weighted by Crippen LogP contribution is 2.25. The lowest BCUT2D eigenvalue weighted by atomic mass is 10.2. The molecule has 1 aromatic rings. The molecule has 0 saturated carbocycles. The van der Waals surface area contributed by atoms with Gasteiger partial charge in [-0.3, -0.25) is 0 Å². The van der Waals surface area contributed by atoms with Gasteiger partial charge in [0.15, 0.2) is 0 Å². The third-order valence-electron chi connectivity index (χ3n) is 3.77. The van der Waals surface area contributed by atoms with Crippen LogP contribution in [0.3, 0.4) is 0 Å². The Kier molecular flexibility index (Phi) is 4.44. The van der Waals surface area contributed by atoms with Crippen molar-refractivity contribution >= 4 is 20.0 Å². The van der Waals surface area contributed by atoms with Gasteiger partial charge in [-0.1, -0.05) is 12.1 Å². The highest BCUT2D eigenvalue weighted by molar-refractivity contribution is 7.90. The first-order valence-corrected chi connectivity index (χ1v) is 9.76. The number of rotatable bonds is 3. The highest BCUT2D eigenvalue weighted by atomic mass is 32.2. The molecule has 0 bridgehead atoms. The molecule has 1 aliphatic rings. The molecule has 2 rings (SSSR count). The maximum absolute atomic E-state index is 12.7. The number of primary sulfonamides is 1. The van der Waals surface area contributed by atoms with E-state index in [2.05, 4.69) is 0 Å². The number of sulfonamides is 2. The average molecular weight is 332 g/mol. The Hall–Kier alpha value is -0.960. The van der Waals surface area contributed by atoms with Gasteiger partial charge in [0.05, 0.1) is 10.1 Å². The Morgan fingerprint density at radius 3 is 2.48 bits per heavy atom. The zero-order chi connectivity index (χ0) is 15.8. The SMILES string of the molecule is Cc1ccc(C)c(S(=O)(=O)N2CCCC(S(N)(=O)=O)C2)c1. The van der Waals surface area contributed by atoms with Gasteiger partial charge in [-0.05, 0) is 43.9 Å². The fourth-order valence-electron chi connectivity index (χ4n) is 2.52. The van der Waals surface area contributed by atoms with Crippen LogP contribution in [0.4, 0.5) is 0 Å². The van der Waals surface area contributed by atoms with Crippen molar-refractivity contribution in [1.29, 1.82) is 0 Å². The Morgan fingerprint density at radius 1 is 1.19 bits per heavy atom. The third-order valence-corrected chi connectivity index (χ3v) is 7.09. The topological polar surface area (TPSA) is 97.5 Å². The first-order chi connectivity index (χ1) is 9.62. The van der Waals surface area contributed by atoms with Crippen molar-refractivity contribution in [2.24, 2.45) is 5.14 Å². The first-order valence-electron chi connectivity index (χ1n) is 6.71. The summed E-state index contributed by atoms with van der Waals surface area (Å²) >= 11 is 0. The van der Waals surface area contributed by atoms with Crippen molar-refractivity contribution in [2.45, 2.75) is 36.8 Å². The quantitative estimate of drug-likeness (QED) is 0.883. The molecule has 6 nitrogen and oxygen atoms in total. The minimum absolute atomic E-state index is 0.0749. The Bertz CT molecular complexity index is 741. The summed E-state index contributed by atoms with van der Waals surface area (Å²) in [5, 5.41) is 4.33. The van der Waals surface area contributed by atoms with Gasteiger partial charge in [0, 0.05) is 13.1 Å². The Morgan fingerprint density at radius 2 is 1.86 bits per heavy atom. The van der Waals surface area contributed by atoms with Crippen LogP contribution in [0, 0.1) is 13.8 Å². The Labute approximate surface area is 126 Å². The molecule has 0 radical (unpaired) electrons. The van der Waals surface area contributed by atoms with E-state index in [1.165, 1.54) is 4.31 Å². The zero-order valence-electron chi connectivity index (χ0n) is 12.1. The third kappa shape index (κ3) is 3.45. The number of piperidine rings is 1. The number of nitrogens with two attached hydrogens (primary N) is 1. The molecule has 2 N–H and O–H groups in total. The van der Waals surface area contributed by atoms with Crippen LogP contribution < -0.4 is 5.14 Å². The van der Waals surface area contributed by atoms with E-state index in [1.807, 2.05) is 13.0 Å². The fourth-order valence-corrected chi connectivity index (χ4v) is 5.33. The van der Waals surface area contributed by atoms with E-state index < -0.39 is 25.3 Å². The summed E-state index contributed by atoms with van der Waals surface area (Å²) < 4.78 is 49.6. The molecule has 21 heavy (non-hydrogen) atoms. The van der Waals surface area contributed by atoms with Crippen molar-refractivity contribution in [2.75, 3.05) is 13.1 Å². The lowest BCUT2D eigenvalue weighted by molar-refractivity contribution is 0.346.